The number of rotatable bonds is 7. The van der Waals surface area contributed by atoms with Crippen LogP contribution in [-0.2, 0) is 6.54 Å². The van der Waals surface area contributed by atoms with Gasteiger partial charge < -0.3 is 20.1 Å². The normalized spacial score (nSPS) is 15.1. The number of aromatic hydroxyl groups is 1. The first-order chi connectivity index (χ1) is 15.8. The number of nitrogens with zero attached hydrogens (tertiary/aromatic N) is 1. The maximum atomic E-state index is 14.4. The zero-order chi connectivity index (χ0) is 23.7. The van der Waals surface area contributed by atoms with Crippen LogP contribution >= 0.6 is 17.0 Å². The minimum Gasteiger partial charge on any atom is -0.505 e. The van der Waals surface area contributed by atoms with Crippen molar-refractivity contribution in [3.8, 4) is 11.5 Å². The van der Waals surface area contributed by atoms with E-state index < -0.39 is 5.82 Å². The first-order valence-corrected chi connectivity index (χ1v) is 11.2. The molecule has 0 unspecified atom stereocenters. The summed E-state index contributed by atoms with van der Waals surface area (Å²) in [4.78, 5) is 26.9. The topological polar surface area (TPSA) is 103 Å². The lowest BCUT2D eigenvalue weighted by Gasteiger charge is -2.18. The summed E-state index contributed by atoms with van der Waals surface area (Å²) in [6.45, 7) is 2.41. The maximum absolute atomic E-state index is 14.4. The molecular weight excluding hydrogens is 505 g/mol. The van der Waals surface area contributed by atoms with Gasteiger partial charge in [-0.3, -0.25) is 15.0 Å². The Hall–Kier alpha value is -2.94. The van der Waals surface area contributed by atoms with Crippen molar-refractivity contribution < 1.29 is 23.8 Å². The molecule has 7 nitrogen and oxygen atoms in total. The fourth-order valence-corrected chi connectivity index (χ4v) is 4.74. The molecule has 0 bridgehead atoms. The van der Waals surface area contributed by atoms with Crippen LogP contribution in [0.1, 0.15) is 75.9 Å². The maximum Gasteiger partial charge on any atom is 0.254 e. The summed E-state index contributed by atoms with van der Waals surface area (Å²) in [6, 6.07) is 6.02. The van der Waals surface area contributed by atoms with E-state index in [-0.39, 0.29) is 58.3 Å². The Morgan fingerprint density at radius 1 is 1.24 bits per heavy atom. The minimum absolute atomic E-state index is 0. The monoisotopic (exact) mass is 533 g/mol. The lowest BCUT2D eigenvalue weighted by atomic mass is 9.93. The van der Waals surface area contributed by atoms with E-state index >= 15 is 0 Å². The molecule has 0 radical (unpaired) electrons. The van der Waals surface area contributed by atoms with Crippen LogP contribution in [0.2, 0.25) is 0 Å². The highest BCUT2D eigenvalue weighted by molar-refractivity contribution is 8.93. The average molecular weight is 534 g/mol. The van der Waals surface area contributed by atoms with E-state index in [9.17, 15) is 19.1 Å². The number of nitrogens with one attached hydrogen (secondary N) is 2. The van der Waals surface area contributed by atoms with Gasteiger partial charge in [0.05, 0.1) is 18.7 Å². The number of amidine groups is 1. The summed E-state index contributed by atoms with van der Waals surface area (Å²) in [5, 5.41) is 21.3. The first-order valence-electron chi connectivity index (χ1n) is 11.2. The van der Waals surface area contributed by atoms with Gasteiger partial charge in [0.1, 0.15) is 11.6 Å². The van der Waals surface area contributed by atoms with Gasteiger partial charge in [-0.15, -0.1) is 17.0 Å². The van der Waals surface area contributed by atoms with Crippen LogP contribution in [0.25, 0.3) is 0 Å². The molecule has 0 saturated heterocycles. The van der Waals surface area contributed by atoms with Crippen molar-refractivity contribution >= 4 is 34.5 Å². The van der Waals surface area contributed by atoms with Gasteiger partial charge in [-0.25, -0.2) is 4.39 Å². The lowest BCUT2D eigenvalue weighted by molar-refractivity contribution is 0.0952. The van der Waals surface area contributed by atoms with Crippen LogP contribution in [0.15, 0.2) is 24.3 Å². The number of phenols is 1. The fraction of sp³-hybridized carbons (Fsp3) is 0.400. The summed E-state index contributed by atoms with van der Waals surface area (Å²) < 4.78 is 20.0. The van der Waals surface area contributed by atoms with Gasteiger partial charge in [-0.1, -0.05) is 12.8 Å². The SMILES string of the molecule is Br.CCOc1cc2c(cc1C(=O)NC)C(=N)N(CC(=O)c1cc(F)c(O)c(C3CCCC3)c1)C2. The number of benzene rings is 2. The summed E-state index contributed by atoms with van der Waals surface area (Å²) in [5.74, 6) is -1.20. The molecule has 182 valence electrons. The molecule has 1 aliphatic heterocycles. The smallest absolute Gasteiger partial charge is 0.254 e. The summed E-state index contributed by atoms with van der Waals surface area (Å²) in [6.07, 6.45) is 3.78. The molecule has 2 aromatic carbocycles. The third-order valence-electron chi connectivity index (χ3n) is 6.45. The molecule has 0 spiro atoms. The molecule has 1 amide bonds. The van der Waals surface area contributed by atoms with Crippen molar-refractivity contribution in [3.63, 3.8) is 0 Å². The van der Waals surface area contributed by atoms with Gasteiger partial charge in [-0.05, 0) is 55.5 Å². The number of amides is 1. The number of carbonyl (C=O) groups excluding carboxylic acids is 2. The number of hydrogen-bond donors (Lipinski definition) is 3. The van der Waals surface area contributed by atoms with Crippen molar-refractivity contribution in [1.29, 1.82) is 5.41 Å². The number of ketones is 1. The zero-order valence-electron chi connectivity index (χ0n) is 19.2. The van der Waals surface area contributed by atoms with Crippen LogP contribution in [0, 0.1) is 11.2 Å². The summed E-state index contributed by atoms with van der Waals surface area (Å²) >= 11 is 0. The quantitative estimate of drug-likeness (QED) is 0.453. The minimum atomic E-state index is -0.792. The van der Waals surface area contributed by atoms with Crippen LogP contribution < -0.4 is 10.1 Å². The van der Waals surface area contributed by atoms with E-state index in [0.717, 1.165) is 37.3 Å². The number of phenolic OH excluding ortho intramolecular Hbond substituents is 1. The largest absolute Gasteiger partial charge is 0.505 e. The zero-order valence-corrected chi connectivity index (χ0v) is 21.0. The average Bonchev–Trinajstić information content (AvgIpc) is 3.43. The Labute approximate surface area is 208 Å². The molecule has 1 aliphatic carbocycles. The second-order valence-corrected chi connectivity index (χ2v) is 8.52. The van der Waals surface area contributed by atoms with Gasteiger partial charge in [0.15, 0.2) is 17.3 Å². The predicted octanol–water partition coefficient (Wildman–Crippen LogP) is 4.55. The van der Waals surface area contributed by atoms with Gasteiger partial charge >= 0.3 is 0 Å². The molecule has 3 N–H and O–H groups in total. The van der Waals surface area contributed by atoms with E-state index in [1.54, 1.807) is 23.1 Å². The Morgan fingerprint density at radius 3 is 2.59 bits per heavy atom. The van der Waals surface area contributed by atoms with E-state index in [1.165, 1.54) is 7.05 Å². The lowest BCUT2D eigenvalue weighted by Crippen LogP contribution is -2.30. The van der Waals surface area contributed by atoms with E-state index in [4.69, 9.17) is 10.1 Å². The Morgan fingerprint density at radius 2 is 1.94 bits per heavy atom. The van der Waals surface area contributed by atoms with E-state index in [1.807, 2.05) is 6.92 Å². The van der Waals surface area contributed by atoms with Crippen LogP contribution in [0.4, 0.5) is 4.39 Å². The second kappa shape index (κ2) is 10.5. The number of halogens is 2. The van der Waals surface area contributed by atoms with E-state index in [2.05, 4.69) is 5.32 Å². The highest BCUT2D eigenvalue weighted by atomic mass is 79.9. The number of ether oxygens (including phenoxy) is 1. The highest BCUT2D eigenvalue weighted by Gasteiger charge is 2.30. The van der Waals surface area contributed by atoms with Crippen LogP contribution in [-0.4, -0.2) is 47.7 Å². The standard InChI is InChI=1S/C25H28FN3O4.BrH/c1-3-33-22-10-16-12-29(24(27)18(16)11-19(22)25(32)28-2)13-21(30)15-8-17(14-6-4-5-7-14)23(31)20(26)9-15;/h8-11,14,27,31H,3-7,12-13H2,1-2H3,(H,28,32);1H. The first kappa shape index (κ1) is 25.7. The third-order valence-corrected chi connectivity index (χ3v) is 6.45. The number of carbonyl (C=O) groups is 2. The van der Waals surface area contributed by atoms with Crippen molar-refractivity contribution in [2.75, 3.05) is 20.2 Å². The van der Waals surface area contributed by atoms with Crippen molar-refractivity contribution in [1.82, 2.24) is 10.2 Å². The number of Topliss-reactive ketones (excluding diaryl/α,β-unsaturated/α-hetero) is 1. The molecular formula is C25H29BrFN3O4. The van der Waals surface area contributed by atoms with Gasteiger partial charge in [0.2, 0.25) is 0 Å². The molecule has 34 heavy (non-hydrogen) atoms. The fourth-order valence-electron chi connectivity index (χ4n) is 4.74. The Bertz CT molecular complexity index is 1130. The number of hydrogen-bond acceptors (Lipinski definition) is 5. The summed E-state index contributed by atoms with van der Waals surface area (Å²) in [7, 11) is 1.53. The van der Waals surface area contributed by atoms with Crippen molar-refractivity contribution in [2.24, 2.45) is 0 Å². The molecule has 1 fully saturated rings. The molecule has 9 heteroatoms. The van der Waals surface area contributed by atoms with Crippen LogP contribution in [0.3, 0.4) is 0 Å². The molecule has 4 rings (SSSR count). The van der Waals surface area contributed by atoms with E-state index in [0.29, 0.717) is 35.6 Å². The third kappa shape index (κ3) is 4.80. The molecule has 1 heterocycles. The second-order valence-electron chi connectivity index (χ2n) is 8.52. The van der Waals surface area contributed by atoms with Crippen molar-refractivity contribution in [2.45, 2.75) is 45.1 Å². The molecule has 0 atom stereocenters. The molecule has 2 aliphatic rings. The van der Waals surface area contributed by atoms with Gasteiger partial charge in [0, 0.05) is 30.3 Å². The predicted molar refractivity (Wildman–Crippen MR) is 132 cm³/mol. The number of fused-ring (bicyclic) bond motifs is 1. The van der Waals surface area contributed by atoms with Gasteiger partial charge in [-0.2, -0.15) is 0 Å². The molecule has 0 aromatic heterocycles. The molecule has 2 aromatic rings. The van der Waals surface area contributed by atoms with Gasteiger partial charge in [0.25, 0.3) is 5.91 Å². The van der Waals surface area contributed by atoms with Crippen molar-refractivity contribution in [3.05, 3.63) is 57.9 Å². The Kier molecular flexibility index (Phi) is 7.97. The summed E-state index contributed by atoms with van der Waals surface area (Å²) in [5.41, 5.74) is 2.36. The molecule has 1 saturated carbocycles. The van der Waals surface area contributed by atoms with Crippen LogP contribution in [0.5, 0.6) is 11.5 Å². The highest BCUT2D eigenvalue weighted by Crippen LogP contribution is 2.40. The Balaban J connectivity index is 0.00000324.